The fraction of sp³-hybridized carbons (Fsp3) is 0.611. The summed E-state index contributed by atoms with van der Waals surface area (Å²) in [7, 11) is 0. The smallest absolute Gasteiger partial charge is 0.303 e. The Balaban J connectivity index is 1.49. The number of aromatic nitrogens is 1. The maximum atomic E-state index is 11.6. The molecule has 24 heavy (non-hydrogen) atoms. The van der Waals surface area contributed by atoms with Crippen molar-refractivity contribution in [3.05, 3.63) is 18.3 Å². The fourth-order valence-electron chi connectivity index (χ4n) is 4.26. The number of carboxylic acids is 1. The number of aliphatic carboxylic acids is 1. The van der Waals surface area contributed by atoms with E-state index in [0.717, 1.165) is 23.4 Å². The molecule has 4 unspecified atom stereocenters. The van der Waals surface area contributed by atoms with Crippen molar-refractivity contribution in [3.63, 3.8) is 0 Å². The van der Waals surface area contributed by atoms with Gasteiger partial charge in [-0.1, -0.05) is 6.42 Å². The van der Waals surface area contributed by atoms with E-state index in [1.54, 1.807) is 12.3 Å². The summed E-state index contributed by atoms with van der Waals surface area (Å²) in [6.45, 7) is 2.24. The molecule has 2 saturated carbocycles. The van der Waals surface area contributed by atoms with E-state index in [0.29, 0.717) is 11.9 Å². The maximum absolute atomic E-state index is 11.6. The Kier molecular flexibility index (Phi) is 5.02. The highest BCUT2D eigenvalue weighted by Gasteiger charge is 2.41. The molecular formula is C18H25N3O3. The molecule has 130 valence electrons. The second-order valence-electron chi connectivity index (χ2n) is 7.15. The molecule has 1 aromatic rings. The SMILES string of the molecule is CC(Nc1ccc(NC(=O)CCC(=O)O)nc1)C1CC2CCC1C2. The lowest BCUT2D eigenvalue weighted by Gasteiger charge is -2.29. The van der Waals surface area contributed by atoms with Crippen LogP contribution in [-0.4, -0.2) is 28.0 Å². The van der Waals surface area contributed by atoms with Gasteiger partial charge in [0.15, 0.2) is 0 Å². The number of nitrogens with zero attached hydrogens (tertiary/aromatic N) is 1. The first-order valence-corrected chi connectivity index (χ1v) is 8.75. The van der Waals surface area contributed by atoms with Gasteiger partial charge >= 0.3 is 5.97 Å². The zero-order chi connectivity index (χ0) is 17.1. The Labute approximate surface area is 142 Å². The number of carbonyl (C=O) groups excluding carboxylic acids is 1. The number of anilines is 2. The van der Waals surface area contributed by atoms with Gasteiger partial charge in [-0.15, -0.1) is 0 Å². The molecule has 3 rings (SSSR count). The van der Waals surface area contributed by atoms with Crippen LogP contribution in [0.5, 0.6) is 0 Å². The Morgan fingerprint density at radius 3 is 2.71 bits per heavy atom. The Morgan fingerprint density at radius 2 is 2.12 bits per heavy atom. The van der Waals surface area contributed by atoms with Crippen molar-refractivity contribution < 1.29 is 14.7 Å². The lowest BCUT2D eigenvalue weighted by atomic mass is 9.84. The van der Waals surface area contributed by atoms with Gasteiger partial charge in [0, 0.05) is 12.5 Å². The molecule has 1 aromatic heterocycles. The minimum absolute atomic E-state index is 0.0434. The number of nitrogens with one attached hydrogen (secondary N) is 2. The van der Waals surface area contributed by atoms with Crippen molar-refractivity contribution in [1.82, 2.24) is 4.98 Å². The first-order chi connectivity index (χ1) is 11.5. The van der Waals surface area contributed by atoms with Gasteiger partial charge < -0.3 is 15.7 Å². The monoisotopic (exact) mass is 331 g/mol. The molecule has 3 N–H and O–H groups in total. The van der Waals surface area contributed by atoms with Crippen LogP contribution in [0.15, 0.2) is 18.3 Å². The molecule has 0 radical (unpaired) electrons. The van der Waals surface area contributed by atoms with Crippen molar-refractivity contribution in [3.8, 4) is 0 Å². The largest absolute Gasteiger partial charge is 0.481 e. The van der Waals surface area contributed by atoms with E-state index in [-0.39, 0.29) is 18.7 Å². The van der Waals surface area contributed by atoms with Crippen LogP contribution in [0, 0.1) is 17.8 Å². The van der Waals surface area contributed by atoms with Crippen LogP contribution in [0.25, 0.3) is 0 Å². The van der Waals surface area contributed by atoms with Crippen molar-refractivity contribution in [2.24, 2.45) is 17.8 Å². The van der Waals surface area contributed by atoms with Gasteiger partial charge in [0.1, 0.15) is 5.82 Å². The summed E-state index contributed by atoms with van der Waals surface area (Å²) in [5.41, 5.74) is 0.953. The van der Waals surface area contributed by atoms with E-state index < -0.39 is 5.97 Å². The molecule has 2 fully saturated rings. The normalized spacial score (nSPS) is 26.1. The third-order valence-electron chi connectivity index (χ3n) is 5.43. The third kappa shape index (κ3) is 4.04. The van der Waals surface area contributed by atoms with Crippen LogP contribution in [0.2, 0.25) is 0 Å². The van der Waals surface area contributed by atoms with E-state index >= 15 is 0 Å². The molecule has 4 atom stereocenters. The lowest BCUT2D eigenvalue weighted by molar-refractivity contribution is -0.138. The average Bonchev–Trinajstić information content (AvgIpc) is 3.18. The Bertz CT molecular complexity index is 602. The van der Waals surface area contributed by atoms with E-state index in [9.17, 15) is 9.59 Å². The highest BCUT2D eigenvalue weighted by Crippen LogP contribution is 2.49. The summed E-state index contributed by atoms with van der Waals surface area (Å²) >= 11 is 0. The second kappa shape index (κ2) is 7.20. The van der Waals surface area contributed by atoms with Crippen molar-refractivity contribution in [2.75, 3.05) is 10.6 Å². The Morgan fingerprint density at radius 1 is 1.29 bits per heavy atom. The van der Waals surface area contributed by atoms with E-state index in [1.165, 1.54) is 25.7 Å². The molecular weight excluding hydrogens is 306 g/mol. The number of rotatable bonds is 7. The van der Waals surface area contributed by atoms with Crippen LogP contribution >= 0.6 is 0 Å². The molecule has 2 bridgehead atoms. The number of carboxylic acid groups (broad SMARTS) is 1. The van der Waals surface area contributed by atoms with Crippen LogP contribution < -0.4 is 10.6 Å². The topological polar surface area (TPSA) is 91.3 Å². The molecule has 1 heterocycles. The molecule has 0 aromatic carbocycles. The van der Waals surface area contributed by atoms with Crippen molar-refractivity contribution in [1.29, 1.82) is 0 Å². The fourth-order valence-corrected chi connectivity index (χ4v) is 4.26. The number of pyridine rings is 1. The minimum Gasteiger partial charge on any atom is -0.481 e. The van der Waals surface area contributed by atoms with E-state index in [1.807, 2.05) is 6.07 Å². The summed E-state index contributed by atoms with van der Waals surface area (Å²) in [6.07, 6.45) is 7.02. The summed E-state index contributed by atoms with van der Waals surface area (Å²) in [4.78, 5) is 26.3. The zero-order valence-corrected chi connectivity index (χ0v) is 14.0. The van der Waals surface area contributed by atoms with Crippen LogP contribution in [-0.2, 0) is 9.59 Å². The first-order valence-electron chi connectivity index (χ1n) is 8.75. The standard InChI is InChI=1S/C18H25N3O3/c1-11(15-9-12-2-3-13(15)8-12)20-14-4-5-16(19-10-14)21-17(22)6-7-18(23)24/h4-5,10-13,15,20H,2-3,6-9H2,1H3,(H,23,24)(H,19,21,22). The summed E-state index contributed by atoms with van der Waals surface area (Å²) < 4.78 is 0. The number of carbonyl (C=O) groups is 2. The minimum atomic E-state index is -0.979. The summed E-state index contributed by atoms with van der Waals surface area (Å²) in [5, 5.41) is 14.7. The molecule has 0 saturated heterocycles. The molecule has 0 spiro atoms. The quantitative estimate of drug-likeness (QED) is 0.714. The van der Waals surface area contributed by atoms with Gasteiger partial charge in [0.25, 0.3) is 0 Å². The average molecular weight is 331 g/mol. The number of amides is 1. The van der Waals surface area contributed by atoms with Gasteiger partial charge in [0.05, 0.1) is 18.3 Å². The first kappa shape index (κ1) is 16.7. The number of fused-ring (bicyclic) bond motifs is 2. The molecule has 6 nitrogen and oxygen atoms in total. The van der Waals surface area contributed by atoms with Crippen molar-refractivity contribution >= 4 is 23.4 Å². The van der Waals surface area contributed by atoms with E-state index in [4.69, 9.17) is 5.11 Å². The van der Waals surface area contributed by atoms with Gasteiger partial charge in [-0.2, -0.15) is 0 Å². The summed E-state index contributed by atoms with van der Waals surface area (Å²) in [6, 6.07) is 4.08. The molecule has 6 heteroatoms. The molecule has 1 amide bonds. The van der Waals surface area contributed by atoms with Crippen LogP contribution in [0.3, 0.4) is 0 Å². The van der Waals surface area contributed by atoms with Gasteiger partial charge in [-0.3, -0.25) is 9.59 Å². The van der Waals surface area contributed by atoms with Gasteiger partial charge in [-0.05, 0) is 56.1 Å². The van der Waals surface area contributed by atoms with Crippen molar-refractivity contribution in [2.45, 2.75) is 51.5 Å². The molecule has 2 aliphatic rings. The highest BCUT2D eigenvalue weighted by atomic mass is 16.4. The van der Waals surface area contributed by atoms with Crippen LogP contribution in [0.1, 0.15) is 45.4 Å². The van der Waals surface area contributed by atoms with E-state index in [2.05, 4.69) is 22.5 Å². The lowest BCUT2D eigenvalue weighted by Crippen LogP contribution is -2.29. The summed E-state index contributed by atoms with van der Waals surface area (Å²) in [5.74, 6) is 1.69. The number of hydrogen-bond donors (Lipinski definition) is 3. The zero-order valence-electron chi connectivity index (χ0n) is 14.0. The molecule has 0 aliphatic heterocycles. The Hall–Kier alpha value is -2.11. The predicted molar refractivity (Wildman–Crippen MR) is 91.8 cm³/mol. The van der Waals surface area contributed by atoms with Gasteiger partial charge in [0.2, 0.25) is 5.91 Å². The predicted octanol–water partition coefficient (Wildman–Crippen LogP) is 3.12. The van der Waals surface area contributed by atoms with Crippen LogP contribution in [0.4, 0.5) is 11.5 Å². The van der Waals surface area contributed by atoms with Gasteiger partial charge in [-0.25, -0.2) is 4.98 Å². The molecule has 2 aliphatic carbocycles. The number of hydrogen-bond acceptors (Lipinski definition) is 4. The highest BCUT2D eigenvalue weighted by molar-refractivity contribution is 5.91. The third-order valence-corrected chi connectivity index (χ3v) is 5.43. The second-order valence-corrected chi connectivity index (χ2v) is 7.15. The maximum Gasteiger partial charge on any atom is 0.303 e.